The highest BCUT2D eigenvalue weighted by atomic mass is 32.1. The standard InChI is InChI=1S/C13H12FN3OS/c1-2-12-16-17-13(19-12)15-11(18)8-7-9-5-3-4-6-10(9)14/h3-8H,2H2,1H3,(H,15,17,18)/b8-7+. The van der Waals surface area contributed by atoms with E-state index in [1.807, 2.05) is 6.92 Å². The highest BCUT2D eigenvalue weighted by Gasteiger charge is 2.04. The third-order valence-corrected chi connectivity index (χ3v) is 3.30. The number of aryl methyl sites for hydroxylation is 1. The zero-order chi connectivity index (χ0) is 13.7. The van der Waals surface area contributed by atoms with Gasteiger partial charge < -0.3 is 0 Å². The van der Waals surface area contributed by atoms with Crippen molar-refractivity contribution in [2.75, 3.05) is 5.32 Å². The Morgan fingerprint density at radius 2 is 2.21 bits per heavy atom. The van der Waals surface area contributed by atoms with Gasteiger partial charge in [0.2, 0.25) is 11.0 Å². The third-order valence-electron chi connectivity index (χ3n) is 2.32. The van der Waals surface area contributed by atoms with Crippen molar-refractivity contribution in [2.24, 2.45) is 0 Å². The molecule has 0 saturated heterocycles. The van der Waals surface area contributed by atoms with Crippen LogP contribution in [0.5, 0.6) is 0 Å². The summed E-state index contributed by atoms with van der Waals surface area (Å²) >= 11 is 1.32. The topological polar surface area (TPSA) is 54.9 Å². The number of carbonyl (C=O) groups is 1. The first-order valence-electron chi connectivity index (χ1n) is 5.75. The van der Waals surface area contributed by atoms with E-state index in [4.69, 9.17) is 0 Å². The number of halogens is 1. The lowest BCUT2D eigenvalue weighted by molar-refractivity contribution is -0.111. The predicted molar refractivity (Wildman–Crippen MR) is 73.4 cm³/mol. The molecule has 0 unspecified atom stereocenters. The molecule has 1 amide bonds. The molecule has 0 spiro atoms. The smallest absolute Gasteiger partial charge is 0.250 e. The van der Waals surface area contributed by atoms with Gasteiger partial charge in [-0.05, 0) is 18.6 Å². The molecule has 0 bridgehead atoms. The maximum absolute atomic E-state index is 13.3. The number of benzene rings is 1. The fourth-order valence-corrected chi connectivity index (χ4v) is 2.05. The Kier molecular flexibility index (Phi) is 4.35. The Bertz CT molecular complexity index is 609. The fraction of sp³-hybridized carbons (Fsp3) is 0.154. The number of anilines is 1. The lowest BCUT2D eigenvalue weighted by Gasteiger charge is -1.96. The first kappa shape index (κ1) is 13.4. The molecule has 0 aliphatic carbocycles. The van der Waals surface area contributed by atoms with Gasteiger partial charge in [-0.15, -0.1) is 10.2 Å². The van der Waals surface area contributed by atoms with Crippen molar-refractivity contribution in [2.45, 2.75) is 13.3 Å². The molecule has 0 radical (unpaired) electrons. The molecule has 0 aliphatic rings. The van der Waals surface area contributed by atoms with Crippen molar-refractivity contribution in [3.63, 3.8) is 0 Å². The van der Waals surface area contributed by atoms with Crippen LogP contribution in [0.2, 0.25) is 0 Å². The quantitative estimate of drug-likeness (QED) is 0.874. The van der Waals surface area contributed by atoms with E-state index < -0.39 is 0 Å². The number of nitrogens with zero attached hydrogens (tertiary/aromatic N) is 2. The van der Waals surface area contributed by atoms with E-state index in [1.165, 1.54) is 29.6 Å². The van der Waals surface area contributed by atoms with Gasteiger partial charge in [-0.1, -0.05) is 36.5 Å². The zero-order valence-electron chi connectivity index (χ0n) is 10.3. The molecule has 1 aromatic carbocycles. The second-order valence-corrected chi connectivity index (χ2v) is 4.76. The first-order chi connectivity index (χ1) is 9.19. The average molecular weight is 277 g/mol. The Morgan fingerprint density at radius 3 is 2.89 bits per heavy atom. The number of amides is 1. The van der Waals surface area contributed by atoms with E-state index >= 15 is 0 Å². The van der Waals surface area contributed by atoms with Crippen molar-refractivity contribution >= 4 is 28.5 Å². The molecule has 0 aliphatic heterocycles. The third kappa shape index (κ3) is 3.69. The fourth-order valence-electron chi connectivity index (χ4n) is 1.37. The lowest BCUT2D eigenvalue weighted by atomic mass is 10.2. The van der Waals surface area contributed by atoms with Gasteiger partial charge in [0.05, 0.1) is 0 Å². The monoisotopic (exact) mass is 277 g/mol. The molecule has 98 valence electrons. The minimum Gasteiger partial charge on any atom is -0.297 e. The van der Waals surface area contributed by atoms with Gasteiger partial charge in [0.15, 0.2) is 0 Å². The van der Waals surface area contributed by atoms with Gasteiger partial charge in [-0.3, -0.25) is 10.1 Å². The van der Waals surface area contributed by atoms with E-state index in [9.17, 15) is 9.18 Å². The van der Waals surface area contributed by atoms with Gasteiger partial charge in [-0.25, -0.2) is 4.39 Å². The minimum atomic E-state index is -0.365. The van der Waals surface area contributed by atoms with Gasteiger partial charge in [0.25, 0.3) is 0 Å². The summed E-state index contributed by atoms with van der Waals surface area (Å²) in [5, 5.41) is 11.6. The van der Waals surface area contributed by atoms with E-state index in [-0.39, 0.29) is 11.7 Å². The molecule has 19 heavy (non-hydrogen) atoms. The summed E-state index contributed by atoms with van der Waals surface area (Å²) < 4.78 is 13.3. The van der Waals surface area contributed by atoms with Crippen molar-refractivity contribution in [1.82, 2.24) is 10.2 Å². The summed E-state index contributed by atoms with van der Waals surface area (Å²) in [5.41, 5.74) is 0.365. The van der Waals surface area contributed by atoms with Crippen molar-refractivity contribution < 1.29 is 9.18 Å². The Morgan fingerprint density at radius 1 is 1.42 bits per heavy atom. The summed E-state index contributed by atoms with van der Waals surface area (Å²) in [7, 11) is 0. The van der Waals surface area contributed by atoms with E-state index in [1.54, 1.807) is 18.2 Å². The van der Waals surface area contributed by atoms with Crippen LogP contribution in [0.3, 0.4) is 0 Å². The lowest BCUT2D eigenvalue weighted by Crippen LogP contribution is -2.07. The molecule has 0 atom stereocenters. The molecular weight excluding hydrogens is 265 g/mol. The molecule has 2 rings (SSSR count). The molecule has 1 heterocycles. The molecule has 0 fully saturated rings. The van der Waals surface area contributed by atoms with Crippen molar-refractivity contribution in [3.05, 3.63) is 46.7 Å². The second-order valence-electron chi connectivity index (χ2n) is 3.70. The van der Waals surface area contributed by atoms with E-state index in [0.29, 0.717) is 10.7 Å². The maximum Gasteiger partial charge on any atom is 0.250 e. The van der Waals surface area contributed by atoms with Crippen LogP contribution >= 0.6 is 11.3 Å². The van der Waals surface area contributed by atoms with E-state index in [0.717, 1.165) is 11.4 Å². The first-order valence-corrected chi connectivity index (χ1v) is 6.56. The number of rotatable bonds is 4. The molecule has 0 saturated carbocycles. The van der Waals surface area contributed by atoms with Crippen LogP contribution in [0.15, 0.2) is 30.3 Å². The minimum absolute atomic E-state index is 0.359. The summed E-state index contributed by atoms with van der Waals surface area (Å²) in [4.78, 5) is 11.6. The molecule has 1 N–H and O–H groups in total. The Hall–Kier alpha value is -2.08. The summed E-state index contributed by atoms with van der Waals surface area (Å²) in [6.07, 6.45) is 3.47. The normalized spacial score (nSPS) is 10.8. The van der Waals surface area contributed by atoms with Crippen LogP contribution < -0.4 is 5.32 Å². The average Bonchev–Trinajstić information content (AvgIpc) is 2.85. The number of hydrogen-bond donors (Lipinski definition) is 1. The van der Waals surface area contributed by atoms with Crippen LogP contribution in [0.25, 0.3) is 6.08 Å². The highest BCUT2D eigenvalue weighted by Crippen LogP contribution is 2.15. The number of hydrogen-bond acceptors (Lipinski definition) is 4. The number of carbonyl (C=O) groups excluding carboxylic acids is 1. The Balaban J connectivity index is 1.99. The van der Waals surface area contributed by atoms with Gasteiger partial charge in [0, 0.05) is 11.6 Å². The summed E-state index contributed by atoms with van der Waals surface area (Å²) in [6, 6.07) is 6.24. The van der Waals surface area contributed by atoms with Crippen LogP contribution in [-0.2, 0) is 11.2 Å². The predicted octanol–water partition coefficient (Wildman–Crippen LogP) is 2.89. The number of aromatic nitrogens is 2. The van der Waals surface area contributed by atoms with Crippen LogP contribution in [-0.4, -0.2) is 16.1 Å². The second kappa shape index (κ2) is 6.19. The molecule has 1 aromatic heterocycles. The molecule has 2 aromatic rings. The largest absolute Gasteiger partial charge is 0.297 e. The summed E-state index contributed by atoms with van der Waals surface area (Å²) in [5.74, 6) is -0.724. The van der Waals surface area contributed by atoms with Gasteiger partial charge >= 0.3 is 0 Å². The maximum atomic E-state index is 13.3. The molecule has 6 heteroatoms. The summed E-state index contributed by atoms with van der Waals surface area (Å²) in [6.45, 7) is 1.96. The molecule has 4 nitrogen and oxygen atoms in total. The van der Waals surface area contributed by atoms with Gasteiger partial charge in [0.1, 0.15) is 10.8 Å². The highest BCUT2D eigenvalue weighted by molar-refractivity contribution is 7.15. The SMILES string of the molecule is CCc1nnc(NC(=O)/C=C/c2ccccc2F)s1. The van der Waals surface area contributed by atoms with Crippen LogP contribution in [0.1, 0.15) is 17.5 Å². The van der Waals surface area contributed by atoms with Crippen LogP contribution in [0, 0.1) is 5.82 Å². The van der Waals surface area contributed by atoms with E-state index in [2.05, 4.69) is 15.5 Å². The Labute approximate surface area is 114 Å². The molecular formula is C13H12FN3OS. The van der Waals surface area contributed by atoms with Crippen LogP contribution in [0.4, 0.5) is 9.52 Å². The zero-order valence-corrected chi connectivity index (χ0v) is 11.1. The number of nitrogens with one attached hydrogen (secondary N) is 1. The van der Waals surface area contributed by atoms with Crippen molar-refractivity contribution in [1.29, 1.82) is 0 Å². The van der Waals surface area contributed by atoms with Gasteiger partial charge in [-0.2, -0.15) is 0 Å². The van der Waals surface area contributed by atoms with Crippen molar-refractivity contribution in [3.8, 4) is 0 Å².